The molecule has 0 unspecified atom stereocenters. The van der Waals surface area contributed by atoms with Gasteiger partial charge < -0.3 is 10.1 Å². The molecule has 7 nitrogen and oxygen atoms in total. The van der Waals surface area contributed by atoms with Crippen molar-refractivity contribution in [3.63, 3.8) is 0 Å². The third-order valence-corrected chi connectivity index (χ3v) is 3.84. The van der Waals surface area contributed by atoms with Gasteiger partial charge in [0, 0.05) is 24.4 Å². The second kappa shape index (κ2) is 8.75. The lowest BCUT2D eigenvalue weighted by Crippen LogP contribution is -2.32. The van der Waals surface area contributed by atoms with Gasteiger partial charge in [-0.25, -0.2) is 9.67 Å². The van der Waals surface area contributed by atoms with E-state index in [0.717, 1.165) is 5.56 Å². The van der Waals surface area contributed by atoms with Crippen LogP contribution in [0, 0.1) is 0 Å². The molecule has 0 aliphatic heterocycles. The van der Waals surface area contributed by atoms with E-state index < -0.39 is 0 Å². The molecule has 0 saturated heterocycles. The monoisotopic (exact) mass is 364 g/mol. The molecule has 0 bridgehead atoms. The largest absolute Gasteiger partial charge is 0.477 e. The van der Waals surface area contributed by atoms with Crippen molar-refractivity contribution in [2.45, 2.75) is 13.5 Å². The van der Waals surface area contributed by atoms with Gasteiger partial charge >= 0.3 is 0 Å². The van der Waals surface area contributed by atoms with Gasteiger partial charge in [-0.3, -0.25) is 9.59 Å². The lowest BCUT2D eigenvalue weighted by molar-refractivity contribution is 0.0947. The molecule has 1 N–H and O–H groups in total. The number of carbonyl (C=O) groups excluding carboxylic acids is 1. The normalized spacial score (nSPS) is 10.4. The highest BCUT2D eigenvalue weighted by Gasteiger charge is 2.13. The van der Waals surface area contributed by atoms with Gasteiger partial charge in [-0.15, -0.1) is 0 Å². The number of rotatable bonds is 7. The highest BCUT2D eigenvalue weighted by molar-refractivity contribution is 5.96. The van der Waals surface area contributed by atoms with Gasteiger partial charge in [0.1, 0.15) is 5.56 Å². The van der Waals surface area contributed by atoms with Gasteiger partial charge in [-0.05, 0) is 25.1 Å². The second-order valence-corrected chi connectivity index (χ2v) is 5.69. The van der Waals surface area contributed by atoms with E-state index in [1.807, 2.05) is 37.3 Å². The molecule has 0 saturated carbocycles. The van der Waals surface area contributed by atoms with Crippen molar-refractivity contribution in [1.82, 2.24) is 20.1 Å². The Labute approximate surface area is 156 Å². The molecular weight excluding hydrogens is 344 g/mol. The molecule has 1 aromatic carbocycles. The predicted molar refractivity (Wildman–Crippen MR) is 102 cm³/mol. The first-order valence-corrected chi connectivity index (χ1v) is 8.68. The Kier molecular flexibility index (Phi) is 5.94. The molecule has 2 heterocycles. The van der Waals surface area contributed by atoms with Crippen molar-refractivity contribution in [2.24, 2.45) is 0 Å². The number of carbonyl (C=O) groups is 1. The fourth-order valence-corrected chi connectivity index (χ4v) is 2.56. The first kappa shape index (κ1) is 18.3. The highest BCUT2D eigenvalue weighted by Crippen LogP contribution is 2.15. The van der Waals surface area contributed by atoms with Crippen molar-refractivity contribution in [3.8, 4) is 17.1 Å². The van der Waals surface area contributed by atoms with Crippen LogP contribution in [0.25, 0.3) is 11.3 Å². The van der Waals surface area contributed by atoms with Crippen molar-refractivity contribution in [3.05, 3.63) is 76.7 Å². The maximum absolute atomic E-state index is 12.4. The standard InChI is InChI=1S/C20H20N4O3/c1-2-27-20-16(9-6-12-22-20)19(26)21-13-14-24-18(25)11-10-17(23-24)15-7-4-3-5-8-15/h3-12H,2,13-14H2,1H3,(H,21,26). The van der Waals surface area contributed by atoms with E-state index in [1.165, 1.54) is 10.7 Å². The van der Waals surface area contributed by atoms with E-state index >= 15 is 0 Å². The fourth-order valence-electron chi connectivity index (χ4n) is 2.56. The first-order chi connectivity index (χ1) is 13.2. The minimum Gasteiger partial charge on any atom is -0.477 e. The Bertz CT molecular complexity index is 970. The number of ether oxygens (including phenoxy) is 1. The molecule has 0 atom stereocenters. The summed E-state index contributed by atoms with van der Waals surface area (Å²) >= 11 is 0. The molecule has 0 aliphatic carbocycles. The predicted octanol–water partition coefficient (Wildman–Crippen LogP) is 2.13. The molecule has 3 aromatic rings. The molecule has 7 heteroatoms. The molecular formula is C20H20N4O3. The van der Waals surface area contributed by atoms with Crippen molar-refractivity contribution >= 4 is 5.91 Å². The van der Waals surface area contributed by atoms with Crippen LogP contribution in [0.2, 0.25) is 0 Å². The Morgan fingerprint density at radius 1 is 1.11 bits per heavy atom. The van der Waals surface area contributed by atoms with Gasteiger partial charge in [0.2, 0.25) is 5.88 Å². The minimum atomic E-state index is -0.307. The van der Waals surface area contributed by atoms with E-state index in [0.29, 0.717) is 23.7 Å². The average molecular weight is 364 g/mol. The Morgan fingerprint density at radius 2 is 1.93 bits per heavy atom. The van der Waals surface area contributed by atoms with Crippen LogP contribution in [0.1, 0.15) is 17.3 Å². The zero-order valence-electron chi connectivity index (χ0n) is 15.0. The van der Waals surface area contributed by atoms with Gasteiger partial charge in [-0.1, -0.05) is 30.3 Å². The zero-order valence-corrected chi connectivity index (χ0v) is 15.0. The van der Waals surface area contributed by atoms with Gasteiger partial charge in [0.25, 0.3) is 11.5 Å². The fraction of sp³-hybridized carbons (Fsp3) is 0.200. The average Bonchev–Trinajstić information content (AvgIpc) is 2.70. The van der Waals surface area contributed by atoms with Crippen molar-refractivity contribution in [1.29, 1.82) is 0 Å². The molecule has 0 fully saturated rings. The summed E-state index contributed by atoms with van der Waals surface area (Å²) in [4.78, 5) is 28.5. The third-order valence-electron chi connectivity index (χ3n) is 3.84. The van der Waals surface area contributed by atoms with Crippen LogP contribution in [-0.4, -0.2) is 33.8 Å². The molecule has 138 valence electrons. The number of pyridine rings is 1. The molecule has 0 aliphatic rings. The Hall–Kier alpha value is -3.48. The second-order valence-electron chi connectivity index (χ2n) is 5.69. The van der Waals surface area contributed by atoms with E-state index in [9.17, 15) is 9.59 Å². The summed E-state index contributed by atoms with van der Waals surface area (Å²) in [5, 5.41) is 7.15. The number of benzene rings is 1. The van der Waals surface area contributed by atoms with Crippen LogP contribution in [-0.2, 0) is 6.54 Å². The maximum Gasteiger partial charge on any atom is 0.266 e. The lowest BCUT2D eigenvalue weighted by Gasteiger charge is -2.10. The summed E-state index contributed by atoms with van der Waals surface area (Å²) in [5.74, 6) is -0.0160. The van der Waals surface area contributed by atoms with Crippen LogP contribution in [0.3, 0.4) is 0 Å². The number of nitrogens with zero attached hydrogens (tertiary/aromatic N) is 3. The summed E-state index contributed by atoms with van der Waals surface area (Å²) in [6, 6.07) is 16.1. The van der Waals surface area contributed by atoms with Crippen LogP contribution < -0.4 is 15.6 Å². The summed E-state index contributed by atoms with van der Waals surface area (Å²) < 4.78 is 6.71. The smallest absolute Gasteiger partial charge is 0.266 e. The summed E-state index contributed by atoms with van der Waals surface area (Å²) in [6.45, 7) is 2.76. The van der Waals surface area contributed by atoms with E-state index in [4.69, 9.17) is 4.74 Å². The third kappa shape index (κ3) is 4.58. The molecule has 2 aromatic heterocycles. The van der Waals surface area contributed by atoms with Crippen LogP contribution in [0.5, 0.6) is 5.88 Å². The van der Waals surface area contributed by atoms with Gasteiger partial charge in [-0.2, -0.15) is 5.10 Å². The van der Waals surface area contributed by atoms with Crippen LogP contribution >= 0.6 is 0 Å². The number of amides is 1. The maximum atomic E-state index is 12.4. The van der Waals surface area contributed by atoms with E-state index in [2.05, 4.69) is 15.4 Å². The minimum absolute atomic E-state index is 0.222. The molecule has 0 radical (unpaired) electrons. The number of hydrogen-bond acceptors (Lipinski definition) is 5. The summed E-state index contributed by atoms with van der Waals surface area (Å²) in [7, 11) is 0. The molecule has 27 heavy (non-hydrogen) atoms. The topological polar surface area (TPSA) is 86.1 Å². The quantitative estimate of drug-likeness (QED) is 0.694. The van der Waals surface area contributed by atoms with Crippen molar-refractivity contribution < 1.29 is 9.53 Å². The first-order valence-electron chi connectivity index (χ1n) is 8.68. The molecule has 1 amide bonds. The summed E-state index contributed by atoms with van der Waals surface area (Å²) in [5.41, 5.74) is 1.76. The Balaban J connectivity index is 1.67. The zero-order chi connectivity index (χ0) is 19.1. The van der Waals surface area contributed by atoms with E-state index in [-0.39, 0.29) is 24.6 Å². The number of hydrogen-bond donors (Lipinski definition) is 1. The van der Waals surface area contributed by atoms with E-state index in [1.54, 1.807) is 24.4 Å². The van der Waals surface area contributed by atoms with Crippen molar-refractivity contribution in [2.75, 3.05) is 13.2 Å². The molecule has 3 rings (SSSR count). The Morgan fingerprint density at radius 3 is 2.70 bits per heavy atom. The number of aromatic nitrogens is 3. The van der Waals surface area contributed by atoms with Gasteiger partial charge in [0.15, 0.2) is 0 Å². The molecule has 0 spiro atoms. The number of nitrogens with one attached hydrogen (secondary N) is 1. The van der Waals surface area contributed by atoms with Gasteiger partial charge in [0.05, 0.1) is 18.8 Å². The van der Waals surface area contributed by atoms with Crippen LogP contribution in [0.4, 0.5) is 0 Å². The SMILES string of the molecule is CCOc1ncccc1C(=O)NCCn1nc(-c2ccccc2)ccc1=O. The van der Waals surface area contributed by atoms with Crippen LogP contribution in [0.15, 0.2) is 65.6 Å². The highest BCUT2D eigenvalue weighted by atomic mass is 16.5. The lowest BCUT2D eigenvalue weighted by atomic mass is 10.1. The summed E-state index contributed by atoms with van der Waals surface area (Å²) in [6.07, 6.45) is 1.57.